The van der Waals surface area contributed by atoms with Crippen LogP contribution in [0.4, 0.5) is 5.69 Å². The number of hydrogen-bond donors (Lipinski definition) is 0. The summed E-state index contributed by atoms with van der Waals surface area (Å²) < 4.78 is 16.5. The van der Waals surface area contributed by atoms with Gasteiger partial charge in [-0.25, -0.2) is 0 Å². The van der Waals surface area contributed by atoms with Crippen LogP contribution in [0.25, 0.3) is 0 Å². The van der Waals surface area contributed by atoms with E-state index >= 15 is 0 Å². The number of rotatable bonds is 2. The molecule has 2 fully saturated rings. The Morgan fingerprint density at radius 3 is 2.76 bits per heavy atom. The molecule has 2 amide bonds. The molecule has 0 aromatic heterocycles. The number of hydrogen-bond acceptors (Lipinski definition) is 5. The molecule has 7 heteroatoms. The quantitative estimate of drug-likeness (QED) is 0.801. The van der Waals surface area contributed by atoms with Gasteiger partial charge in [-0.15, -0.1) is 0 Å². The smallest absolute Gasteiger partial charge is 0.228 e. The number of nitrogens with zero attached hydrogens (tertiary/aromatic N) is 2. The monoisotopic (exact) mass is 346 g/mol. The van der Waals surface area contributed by atoms with Gasteiger partial charge in [0.25, 0.3) is 0 Å². The lowest BCUT2D eigenvalue weighted by Crippen LogP contribution is -2.49. The zero-order valence-electron chi connectivity index (χ0n) is 14.3. The first-order chi connectivity index (χ1) is 12.1. The van der Waals surface area contributed by atoms with Crippen LogP contribution in [0, 0.1) is 5.92 Å². The van der Waals surface area contributed by atoms with Gasteiger partial charge >= 0.3 is 0 Å². The maximum Gasteiger partial charge on any atom is 0.228 e. The van der Waals surface area contributed by atoms with Gasteiger partial charge in [0.1, 0.15) is 13.2 Å². The minimum atomic E-state index is -0.304. The number of anilines is 1. The Kier molecular flexibility index (Phi) is 4.25. The highest BCUT2D eigenvalue weighted by Gasteiger charge is 2.39. The first kappa shape index (κ1) is 16.2. The highest BCUT2D eigenvalue weighted by molar-refractivity contribution is 6.00. The third-order valence-corrected chi connectivity index (χ3v) is 4.96. The molecule has 0 bridgehead atoms. The molecule has 0 N–H and O–H groups in total. The third-order valence-electron chi connectivity index (χ3n) is 4.96. The number of ether oxygens (including phenoxy) is 3. The summed E-state index contributed by atoms with van der Waals surface area (Å²) in [4.78, 5) is 28.8. The van der Waals surface area contributed by atoms with Crippen molar-refractivity contribution in [2.24, 2.45) is 5.92 Å². The summed E-state index contributed by atoms with van der Waals surface area (Å²) in [5, 5.41) is 0. The maximum absolute atomic E-state index is 12.8. The second-order valence-electron chi connectivity index (χ2n) is 6.69. The molecule has 3 heterocycles. The van der Waals surface area contributed by atoms with Gasteiger partial charge in [0.2, 0.25) is 11.8 Å². The molecule has 0 saturated carbocycles. The number of morpholine rings is 1. The molecule has 0 spiro atoms. The second-order valence-corrected chi connectivity index (χ2v) is 6.69. The van der Waals surface area contributed by atoms with E-state index in [1.165, 1.54) is 0 Å². The van der Waals surface area contributed by atoms with Crippen LogP contribution in [0.2, 0.25) is 0 Å². The summed E-state index contributed by atoms with van der Waals surface area (Å²) in [5.74, 6) is 1.05. The van der Waals surface area contributed by atoms with Crippen LogP contribution in [0.15, 0.2) is 18.2 Å². The van der Waals surface area contributed by atoms with Gasteiger partial charge in [-0.2, -0.15) is 0 Å². The molecule has 0 aliphatic carbocycles. The second kappa shape index (κ2) is 6.55. The van der Waals surface area contributed by atoms with Crippen LogP contribution in [0.1, 0.15) is 13.3 Å². The topological polar surface area (TPSA) is 68.3 Å². The zero-order chi connectivity index (χ0) is 17.4. The predicted octanol–water partition coefficient (Wildman–Crippen LogP) is 1.06. The van der Waals surface area contributed by atoms with E-state index in [1.807, 2.05) is 30.0 Å². The van der Waals surface area contributed by atoms with Crippen LogP contribution in [0.5, 0.6) is 11.5 Å². The van der Waals surface area contributed by atoms with Crippen molar-refractivity contribution in [3.8, 4) is 11.5 Å². The van der Waals surface area contributed by atoms with Crippen molar-refractivity contribution in [1.29, 1.82) is 0 Å². The molecule has 7 nitrogen and oxygen atoms in total. The Balaban J connectivity index is 1.49. The van der Waals surface area contributed by atoms with Gasteiger partial charge < -0.3 is 24.0 Å². The first-order valence-electron chi connectivity index (χ1n) is 8.72. The first-order valence-corrected chi connectivity index (χ1v) is 8.72. The molecule has 0 unspecified atom stereocenters. The Morgan fingerprint density at radius 1 is 1.16 bits per heavy atom. The molecule has 2 saturated heterocycles. The average molecular weight is 346 g/mol. The van der Waals surface area contributed by atoms with Crippen molar-refractivity contribution in [3.05, 3.63) is 18.2 Å². The molecule has 3 aliphatic rings. The van der Waals surface area contributed by atoms with Gasteiger partial charge in [-0.1, -0.05) is 0 Å². The van der Waals surface area contributed by atoms with E-state index in [1.54, 1.807) is 4.90 Å². The van der Waals surface area contributed by atoms with Crippen LogP contribution >= 0.6 is 0 Å². The molecule has 0 radical (unpaired) electrons. The van der Waals surface area contributed by atoms with Crippen molar-refractivity contribution in [2.45, 2.75) is 19.4 Å². The van der Waals surface area contributed by atoms with Crippen LogP contribution < -0.4 is 14.4 Å². The Bertz CT molecular complexity index is 692. The van der Waals surface area contributed by atoms with E-state index < -0.39 is 0 Å². The van der Waals surface area contributed by atoms with E-state index in [2.05, 4.69) is 0 Å². The van der Waals surface area contributed by atoms with E-state index in [4.69, 9.17) is 14.2 Å². The fourth-order valence-electron chi connectivity index (χ4n) is 3.61. The lowest BCUT2D eigenvalue weighted by atomic mass is 10.1. The molecule has 1 aromatic rings. The minimum absolute atomic E-state index is 0.0315. The van der Waals surface area contributed by atoms with Crippen LogP contribution in [-0.2, 0) is 14.3 Å². The summed E-state index contributed by atoms with van der Waals surface area (Å²) in [6.45, 7) is 5.12. The highest BCUT2D eigenvalue weighted by atomic mass is 16.6. The summed E-state index contributed by atoms with van der Waals surface area (Å²) >= 11 is 0. The lowest BCUT2D eigenvalue weighted by molar-refractivity contribution is -0.143. The predicted molar refractivity (Wildman–Crippen MR) is 89.9 cm³/mol. The van der Waals surface area contributed by atoms with Crippen molar-refractivity contribution in [3.63, 3.8) is 0 Å². The van der Waals surface area contributed by atoms with Crippen LogP contribution in [0.3, 0.4) is 0 Å². The largest absolute Gasteiger partial charge is 0.486 e. The molecule has 3 aliphatic heterocycles. The fraction of sp³-hybridized carbons (Fsp3) is 0.556. The summed E-state index contributed by atoms with van der Waals surface area (Å²) in [6, 6.07) is 5.53. The zero-order valence-corrected chi connectivity index (χ0v) is 14.3. The van der Waals surface area contributed by atoms with Crippen molar-refractivity contribution in [1.82, 2.24) is 4.90 Å². The molecular formula is C18H22N2O5. The molecule has 4 rings (SSSR count). The van der Waals surface area contributed by atoms with E-state index in [9.17, 15) is 9.59 Å². The van der Waals surface area contributed by atoms with Gasteiger partial charge in [0, 0.05) is 31.3 Å². The summed E-state index contributed by atoms with van der Waals surface area (Å²) in [5.41, 5.74) is 0.750. The molecular weight excluding hydrogens is 324 g/mol. The number of amides is 2. The Labute approximate surface area is 146 Å². The van der Waals surface area contributed by atoms with Gasteiger partial charge in [0.05, 0.1) is 25.2 Å². The number of fused-ring (bicyclic) bond motifs is 1. The fourth-order valence-corrected chi connectivity index (χ4v) is 3.61. The third kappa shape index (κ3) is 3.04. The Hall–Kier alpha value is -2.28. The number of carbonyl (C=O) groups is 2. The van der Waals surface area contributed by atoms with Crippen LogP contribution in [-0.4, -0.2) is 62.3 Å². The maximum atomic E-state index is 12.8. The SMILES string of the molecule is C[C@H]1COCCN1C(=O)[C@H]1CC(=O)N(c2ccc3c(c2)OCCO3)C1. The summed E-state index contributed by atoms with van der Waals surface area (Å²) in [6.07, 6.45) is 0.247. The summed E-state index contributed by atoms with van der Waals surface area (Å²) in [7, 11) is 0. The molecule has 2 atom stereocenters. The van der Waals surface area contributed by atoms with Gasteiger partial charge in [0.15, 0.2) is 11.5 Å². The number of carbonyl (C=O) groups excluding carboxylic acids is 2. The lowest BCUT2D eigenvalue weighted by Gasteiger charge is -2.35. The molecule has 134 valence electrons. The van der Waals surface area contributed by atoms with Crippen molar-refractivity contribution in [2.75, 3.05) is 44.4 Å². The molecule has 1 aromatic carbocycles. The van der Waals surface area contributed by atoms with Gasteiger partial charge in [-0.3, -0.25) is 9.59 Å². The minimum Gasteiger partial charge on any atom is -0.486 e. The van der Waals surface area contributed by atoms with Crippen molar-refractivity contribution >= 4 is 17.5 Å². The van der Waals surface area contributed by atoms with E-state index in [0.29, 0.717) is 51.0 Å². The Morgan fingerprint density at radius 2 is 1.96 bits per heavy atom. The van der Waals surface area contributed by atoms with Gasteiger partial charge in [-0.05, 0) is 19.1 Å². The van der Waals surface area contributed by atoms with E-state index in [0.717, 1.165) is 5.69 Å². The average Bonchev–Trinajstić information content (AvgIpc) is 3.03. The number of benzene rings is 1. The normalized spacial score (nSPS) is 26.0. The van der Waals surface area contributed by atoms with Crippen molar-refractivity contribution < 1.29 is 23.8 Å². The standard InChI is InChI=1S/C18H22N2O5/c1-12-11-23-5-4-19(12)18(22)13-8-17(21)20(10-13)14-2-3-15-16(9-14)25-7-6-24-15/h2-3,9,12-13H,4-8,10-11H2,1H3/t12-,13-/m0/s1. The van der Waals surface area contributed by atoms with E-state index in [-0.39, 0.29) is 30.2 Å². The highest BCUT2D eigenvalue weighted by Crippen LogP contribution is 2.36. The molecule has 25 heavy (non-hydrogen) atoms.